The van der Waals surface area contributed by atoms with Gasteiger partial charge in [0.2, 0.25) is 6.10 Å². The molecule has 27 heavy (non-hydrogen) atoms. The van der Waals surface area contributed by atoms with Crippen LogP contribution in [0.4, 0.5) is 0 Å². The van der Waals surface area contributed by atoms with Crippen LogP contribution < -0.4 is 0 Å². The van der Waals surface area contributed by atoms with Crippen molar-refractivity contribution in [3.8, 4) is 0 Å². The number of ether oxygens (including phenoxy) is 2. The molecule has 148 valence electrons. The van der Waals surface area contributed by atoms with Gasteiger partial charge in [-0.15, -0.1) is 0 Å². The van der Waals surface area contributed by atoms with E-state index >= 15 is 0 Å². The Balaban J connectivity index is 0.000000249. The lowest BCUT2D eigenvalue weighted by Crippen LogP contribution is -2.18. The lowest BCUT2D eigenvalue weighted by Gasteiger charge is -2.01. The molecule has 5 heteroatoms. The van der Waals surface area contributed by atoms with Gasteiger partial charge in [-0.1, -0.05) is 82.5 Å². The maximum absolute atomic E-state index is 11.7. The van der Waals surface area contributed by atoms with Gasteiger partial charge < -0.3 is 9.47 Å². The average Bonchev–Trinajstić information content (AvgIpc) is 3.15. The van der Waals surface area contributed by atoms with Gasteiger partial charge in [0, 0.05) is 10.6 Å². The average molecular weight is 393 g/mol. The molecule has 0 amide bonds. The molecule has 0 spiro atoms. The molecule has 0 unspecified atom stereocenters. The first-order valence-electron chi connectivity index (χ1n) is 9.91. The van der Waals surface area contributed by atoms with Gasteiger partial charge in [0.15, 0.2) is 0 Å². The topological polar surface area (TPSA) is 52.6 Å². The Kier molecular flexibility index (Phi) is 8.86. The SMILES string of the molecule is CCCCCCCCC.O=C1O[C@H]2C(=O)OC[C@H]2/C1=C/c1cccc(Cl)c1. The number of hydrogen-bond acceptors (Lipinski definition) is 4. The number of rotatable bonds is 7. The van der Waals surface area contributed by atoms with E-state index in [1.54, 1.807) is 24.3 Å². The second kappa shape index (κ2) is 11.1. The summed E-state index contributed by atoms with van der Waals surface area (Å²) in [6.07, 6.45) is 10.9. The minimum Gasteiger partial charge on any atom is -0.462 e. The summed E-state index contributed by atoms with van der Waals surface area (Å²) < 4.78 is 9.87. The summed E-state index contributed by atoms with van der Waals surface area (Å²) in [4.78, 5) is 23.0. The molecule has 4 nitrogen and oxygen atoms in total. The van der Waals surface area contributed by atoms with Gasteiger partial charge in [0.05, 0.1) is 5.92 Å². The number of carbonyl (C=O) groups is 2. The highest BCUT2D eigenvalue weighted by Crippen LogP contribution is 2.34. The highest BCUT2D eigenvalue weighted by Gasteiger charge is 2.50. The molecular formula is C22H29ClO4. The quantitative estimate of drug-likeness (QED) is 0.345. The van der Waals surface area contributed by atoms with Gasteiger partial charge in [-0.2, -0.15) is 0 Å². The van der Waals surface area contributed by atoms with Crippen molar-refractivity contribution in [2.75, 3.05) is 6.61 Å². The predicted molar refractivity (Wildman–Crippen MR) is 107 cm³/mol. The molecule has 2 fully saturated rings. The third-order valence-electron chi connectivity index (χ3n) is 4.75. The number of carbonyl (C=O) groups excluding carboxylic acids is 2. The zero-order valence-corrected chi connectivity index (χ0v) is 17.0. The van der Waals surface area contributed by atoms with E-state index in [1.165, 1.54) is 44.9 Å². The molecule has 1 aromatic rings. The Morgan fingerprint density at radius 2 is 1.74 bits per heavy atom. The third-order valence-corrected chi connectivity index (χ3v) is 4.99. The van der Waals surface area contributed by atoms with Crippen LogP contribution in [-0.2, 0) is 19.1 Å². The summed E-state index contributed by atoms with van der Waals surface area (Å²) in [7, 11) is 0. The molecule has 2 atom stereocenters. The predicted octanol–water partition coefficient (Wildman–Crippen LogP) is 5.58. The van der Waals surface area contributed by atoms with Gasteiger partial charge in [0.1, 0.15) is 6.61 Å². The van der Waals surface area contributed by atoms with E-state index < -0.39 is 18.0 Å². The highest BCUT2D eigenvalue weighted by atomic mass is 35.5. The molecule has 2 heterocycles. The number of cyclic esters (lactones) is 1. The Hall–Kier alpha value is -1.81. The van der Waals surface area contributed by atoms with Crippen molar-refractivity contribution in [3.05, 3.63) is 40.4 Å². The molecule has 0 aromatic heterocycles. The van der Waals surface area contributed by atoms with E-state index in [0.29, 0.717) is 10.6 Å². The van der Waals surface area contributed by atoms with E-state index in [2.05, 4.69) is 13.8 Å². The van der Waals surface area contributed by atoms with Gasteiger partial charge in [-0.25, -0.2) is 9.59 Å². The first kappa shape index (κ1) is 21.5. The Labute approximate surface area is 166 Å². The highest BCUT2D eigenvalue weighted by molar-refractivity contribution is 6.30. The number of esters is 2. The second-order valence-corrected chi connectivity index (χ2v) is 7.42. The van der Waals surface area contributed by atoms with Gasteiger partial charge in [-0.05, 0) is 23.8 Å². The molecule has 0 radical (unpaired) electrons. The summed E-state index contributed by atoms with van der Waals surface area (Å²) in [5, 5.41) is 0.589. The van der Waals surface area contributed by atoms with E-state index in [1.807, 2.05) is 6.07 Å². The van der Waals surface area contributed by atoms with Crippen LogP contribution in [0.15, 0.2) is 29.8 Å². The molecule has 0 bridgehead atoms. The fourth-order valence-corrected chi connectivity index (χ4v) is 3.39. The Bertz CT molecular complexity index is 662. The van der Waals surface area contributed by atoms with Crippen molar-refractivity contribution in [2.24, 2.45) is 5.92 Å². The van der Waals surface area contributed by atoms with Gasteiger partial charge in [0.25, 0.3) is 0 Å². The van der Waals surface area contributed by atoms with Crippen LogP contribution in [-0.4, -0.2) is 24.6 Å². The van der Waals surface area contributed by atoms with Crippen LogP contribution in [0.2, 0.25) is 5.02 Å². The monoisotopic (exact) mass is 392 g/mol. The summed E-state index contributed by atoms with van der Waals surface area (Å²) in [6, 6.07) is 7.12. The van der Waals surface area contributed by atoms with Crippen molar-refractivity contribution < 1.29 is 19.1 Å². The van der Waals surface area contributed by atoms with Crippen molar-refractivity contribution in [1.82, 2.24) is 0 Å². The number of unbranched alkanes of at least 4 members (excludes halogenated alkanes) is 6. The number of benzene rings is 1. The van der Waals surface area contributed by atoms with Gasteiger partial charge >= 0.3 is 11.9 Å². The normalized spacial score (nSPS) is 22.1. The molecule has 0 saturated carbocycles. The molecule has 0 aliphatic carbocycles. The maximum atomic E-state index is 11.7. The summed E-state index contributed by atoms with van der Waals surface area (Å²) in [6.45, 7) is 4.72. The molecule has 0 N–H and O–H groups in total. The summed E-state index contributed by atoms with van der Waals surface area (Å²) >= 11 is 5.88. The zero-order valence-electron chi connectivity index (χ0n) is 16.2. The van der Waals surface area contributed by atoms with E-state index in [9.17, 15) is 9.59 Å². The first-order chi connectivity index (χ1) is 13.1. The number of fused-ring (bicyclic) bond motifs is 1. The summed E-state index contributed by atoms with van der Waals surface area (Å²) in [5.41, 5.74) is 1.27. The van der Waals surface area contributed by atoms with Crippen LogP contribution in [0.3, 0.4) is 0 Å². The maximum Gasteiger partial charge on any atom is 0.348 e. The lowest BCUT2D eigenvalue weighted by molar-refractivity contribution is -0.154. The Morgan fingerprint density at radius 1 is 1.07 bits per heavy atom. The van der Waals surface area contributed by atoms with Crippen molar-refractivity contribution in [3.63, 3.8) is 0 Å². The fraction of sp³-hybridized carbons (Fsp3) is 0.545. The molecule has 2 aliphatic rings. The smallest absolute Gasteiger partial charge is 0.348 e. The van der Waals surface area contributed by atoms with Crippen molar-refractivity contribution in [2.45, 2.75) is 64.9 Å². The van der Waals surface area contributed by atoms with Crippen LogP contribution in [0.5, 0.6) is 0 Å². The molecular weight excluding hydrogens is 364 g/mol. The third kappa shape index (κ3) is 6.39. The van der Waals surface area contributed by atoms with Crippen molar-refractivity contribution in [1.29, 1.82) is 0 Å². The molecule has 1 aromatic carbocycles. The summed E-state index contributed by atoms with van der Waals surface area (Å²) in [5.74, 6) is -1.23. The van der Waals surface area contributed by atoms with Crippen LogP contribution in [0, 0.1) is 5.92 Å². The van der Waals surface area contributed by atoms with Crippen molar-refractivity contribution >= 4 is 29.6 Å². The Morgan fingerprint density at radius 3 is 2.37 bits per heavy atom. The van der Waals surface area contributed by atoms with Gasteiger partial charge in [-0.3, -0.25) is 0 Å². The standard InChI is InChI=1S/C13H9ClO4.C9H20/c14-8-3-1-2-7(4-8)5-9-10-6-17-13(16)11(10)18-12(9)15;1-3-5-7-9-8-6-4-2/h1-5,10-11H,6H2;3-9H2,1-2H3/b9-5-;/t10-,11+;/m0./s1. The lowest BCUT2D eigenvalue weighted by atomic mass is 9.97. The number of halogens is 1. The van der Waals surface area contributed by atoms with E-state index in [-0.39, 0.29) is 12.5 Å². The zero-order chi connectivity index (χ0) is 19.6. The van der Waals surface area contributed by atoms with Crippen LogP contribution in [0.25, 0.3) is 6.08 Å². The van der Waals surface area contributed by atoms with Crippen LogP contribution >= 0.6 is 11.6 Å². The fourth-order valence-electron chi connectivity index (χ4n) is 3.20. The minimum absolute atomic E-state index is 0.196. The first-order valence-corrected chi connectivity index (χ1v) is 10.3. The van der Waals surface area contributed by atoms with E-state index in [4.69, 9.17) is 21.1 Å². The molecule has 2 aliphatic heterocycles. The second-order valence-electron chi connectivity index (χ2n) is 6.98. The number of hydrogen-bond donors (Lipinski definition) is 0. The molecule has 2 saturated heterocycles. The minimum atomic E-state index is -0.775. The van der Waals surface area contributed by atoms with E-state index in [0.717, 1.165) is 5.56 Å². The largest absolute Gasteiger partial charge is 0.462 e. The van der Waals surface area contributed by atoms with Crippen LogP contribution in [0.1, 0.15) is 64.4 Å². The molecule has 3 rings (SSSR count).